The fourth-order valence-corrected chi connectivity index (χ4v) is 3.37. The maximum absolute atomic E-state index is 4.57. The molecule has 2 radical (unpaired) electrons. The summed E-state index contributed by atoms with van der Waals surface area (Å²) in [5.74, 6) is 0.996. The molecule has 0 amide bonds. The molecule has 4 rings (SSSR count). The van der Waals surface area contributed by atoms with Gasteiger partial charge in [0.1, 0.15) is 0 Å². The van der Waals surface area contributed by atoms with E-state index in [9.17, 15) is 0 Å². The quantitative estimate of drug-likeness (QED) is 0.496. The molecule has 3 aromatic heterocycles. The second-order valence-electron chi connectivity index (χ2n) is 4.54. The summed E-state index contributed by atoms with van der Waals surface area (Å²) >= 11 is 1.57. The summed E-state index contributed by atoms with van der Waals surface area (Å²) in [5.41, 5.74) is 3.54. The zero-order valence-electron chi connectivity index (χ0n) is 10.2. The van der Waals surface area contributed by atoms with E-state index >= 15 is 0 Å². The molecule has 0 atom stereocenters. The van der Waals surface area contributed by atoms with Crippen LogP contribution in [0.5, 0.6) is 0 Å². The van der Waals surface area contributed by atoms with E-state index < -0.39 is 0 Å². The number of benzene rings is 1. The predicted molar refractivity (Wildman–Crippen MR) is 77.3 cm³/mol. The summed E-state index contributed by atoms with van der Waals surface area (Å²) < 4.78 is 4.38. The Kier molecular flexibility index (Phi) is 2.33. The van der Waals surface area contributed by atoms with E-state index in [1.807, 2.05) is 18.3 Å². The number of imidazole rings is 1. The molecule has 0 N–H and O–H groups in total. The average molecular weight is 302 g/mol. The summed E-state index contributed by atoms with van der Waals surface area (Å²) in [4.78, 5) is 4.57. The zero-order chi connectivity index (χ0) is 12.8. The summed E-state index contributed by atoms with van der Waals surface area (Å²) in [6, 6.07) is 16.8. The van der Waals surface area contributed by atoms with Crippen LogP contribution in [-0.4, -0.2) is 31.5 Å². The molecule has 4 aromatic rings. The number of aromatic nitrogens is 3. The van der Waals surface area contributed by atoms with Crippen LogP contribution in [0.2, 0.25) is 0 Å². The Balaban J connectivity index is 2.07. The molecule has 3 heterocycles. The van der Waals surface area contributed by atoms with Crippen LogP contribution in [-0.2, 0) is 0 Å². The van der Waals surface area contributed by atoms with E-state index in [0.717, 1.165) is 17.0 Å². The van der Waals surface area contributed by atoms with Crippen molar-refractivity contribution in [1.82, 2.24) is 12.7 Å². The number of para-hydroxylation sites is 1. The van der Waals surface area contributed by atoms with Crippen molar-refractivity contribution in [1.29, 1.82) is 0 Å². The molecular formula is C15H10GaN3. The second-order valence-corrected chi connectivity index (χ2v) is 5.62. The Morgan fingerprint density at radius 3 is 2.74 bits per heavy atom. The first-order valence-electron chi connectivity index (χ1n) is 6.12. The first-order valence-corrected chi connectivity index (χ1v) is 7.21. The summed E-state index contributed by atoms with van der Waals surface area (Å²) in [6.07, 6.45) is 3.97. The number of nitrogens with zero attached hydrogens (tertiary/aromatic N) is 3. The van der Waals surface area contributed by atoms with Crippen LogP contribution < -0.4 is 0 Å². The molecule has 88 valence electrons. The first kappa shape index (κ1) is 11.0. The van der Waals surface area contributed by atoms with Crippen LogP contribution in [0, 0.1) is 0 Å². The van der Waals surface area contributed by atoms with Gasteiger partial charge in [0.15, 0.2) is 0 Å². The Morgan fingerprint density at radius 2 is 1.84 bits per heavy atom. The van der Waals surface area contributed by atoms with Gasteiger partial charge in [-0.2, -0.15) is 0 Å². The van der Waals surface area contributed by atoms with Gasteiger partial charge in [0.25, 0.3) is 0 Å². The number of pyridine rings is 1. The van der Waals surface area contributed by atoms with E-state index in [-0.39, 0.29) is 0 Å². The summed E-state index contributed by atoms with van der Waals surface area (Å²) in [7, 11) is 0. The van der Waals surface area contributed by atoms with Crippen LogP contribution in [0.25, 0.3) is 27.9 Å². The Bertz CT molecular complexity index is 889. The zero-order valence-corrected chi connectivity index (χ0v) is 12.6. The van der Waals surface area contributed by atoms with Gasteiger partial charge in [-0.05, 0) is 0 Å². The summed E-state index contributed by atoms with van der Waals surface area (Å²) in [5, 5.41) is 1.26. The van der Waals surface area contributed by atoms with Crippen LogP contribution in [0.15, 0.2) is 60.9 Å². The minimum absolute atomic E-state index is 0.996. The molecule has 1 aromatic carbocycles. The molecule has 19 heavy (non-hydrogen) atoms. The normalized spacial score (nSPS) is 11.4. The SMILES string of the molecule is [Ga][n]1c(-c2ncc3ccccn23)cc2ccccc21. The van der Waals surface area contributed by atoms with Gasteiger partial charge >= 0.3 is 120 Å². The third-order valence-corrected chi connectivity index (χ3v) is 4.58. The van der Waals surface area contributed by atoms with Crippen LogP contribution in [0.1, 0.15) is 0 Å². The van der Waals surface area contributed by atoms with Crippen molar-refractivity contribution < 1.29 is 0 Å². The van der Waals surface area contributed by atoms with Crippen molar-refractivity contribution >= 4 is 35.3 Å². The Morgan fingerprint density at radius 1 is 1.00 bits per heavy atom. The Hall–Kier alpha value is -1.91. The van der Waals surface area contributed by atoms with Crippen molar-refractivity contribution in [2.75, 3.05) is 0 Å². The molecule has 0 fully saturated rings. The van der Waals surface area contributed by atoms with E-state index in [1.54, 1.807) is 18.8 Å². The minimum atomic E-state index is 0.996. The predicted octanol–water partition coefficient (Wildman–Crippen LogP) is 2.89. The summed E-state index contributed by atoms with van der Waals surface area (Å²) in [6.45, 7) is 0. The Labute approximate surface area is 120 Å². The number of fused-ring (bicyclic) bond motifs is 2. The molecule has 0 aliphatic rings. The van der Waals surface area contributed by atoms with Crippen LogP contribution in [0.3, 0.4) is 0 Å². The number of hydrogen-bond donors (Lipinski definition) is 0. The van der Waals surface area contributed by atoms with E-state index in [4.69, 9.17) is 0 Å². The average Bonchev–Trinajstić information content (AvgIpc) is 3.01. The molecule has 0 aliphatic carbocycles. The third kappa shape index (κ3) is 1.57. The topological polar surface area (TPSA) is 22.2 Å². The monoisotopic (exact) mass is 301 g/mol. The molecule has 0 spiro atoms. The number of hydrogen-bond acceptors (Lipinski definition) is 1. The first-order chi connectivity index (χ1) is 9.34. The van der Waals surface area contributed by atoms with Crippen molar-refractivity contribution in [2.24, 2.45) is 0 Å². The van der Waals surface area contributed by atoms with Gasteiger partial charge < -0.3 is 0 Å². The van der Waals surface area contributed by atoms with Gasteiger partial charge in [0, 0.05) is 0 Å². The van der Waals surface area contributed by atoms with Gasteiger partial charge in [-0.25, -0.2) is 0 Å². The van der Waals surface area contributed by atoms with Gasteiger partial charge in [-0.15, -0.1) is 0 Å². The molecule has 0 aliphatic heterocycles. The third-order valence-electron chi connectivity index (χ3n) is 3.42. The number of rotatable bonds is 1. The fourth-order valence-electron chi connectivity index (χ4n) is 2.48. The molecule has 0 saturated carbocycles. The standard InChI is InChI=1S/C15H10N3.Ga/c1-2-7-13-11(5-1)9-14(17-13)15-16-10-12-6-3-4-8-18(12)15;/h1-10H;/q-1;+1. The maximum atomic E-state index is 4.57. The second kappa shape index (κ2) is 4.04. The van der Waals surface area contributed by atoms with Gasteiger partial charge in [0.05, 0.1) is 0 Å². The van der Waals surface area contributed by atoms with Crippen molar-refractivity contribution in [2.45, 2.75) is 0 Å². The van der Waals surface area contributed by atoms with Crippen molar-refractivity contribution in [3.05, 3.63) is 60.9 Å². The fraction of sp³-hybridized carbons (Fsp3) is 0. The van der Waals surface area contributed by atoms with E-state index in [1.165, 1.54) is 10.9 Å². The van der Waals surface area contributed by atoms with Crippen molar-refractivity contribution in [3.8, 4) is 11.5 Å². The van der Waals surface area contributed by atoms with Gasteiger partial charge in [-0.3, -0.25) is 0 Å². The molecular weight excluding hydrogens is 292 g/mol. The van der Waals surface area contributed by atoms with E-state index in [2.05, 4.69) is 55.3 Å². The molecule has 3 nitrogen and oxygen atoms in total. The van der Waals surface area contributed by atoms with Gasteiger partial charge in [-0.1, -0.05) is 0 Å². The molecule has 0 saturated heterocycles. The van der Waals surface area contributed by atoms with E-state index in [0.29, 0.717) is 0 Å². The molecule has 0 bridgehead atoms. The van der Waals surface area contributed by atoms with Crippen LogP contribution >= 0.6 is 0 Å². The van der Waals surface area contributed by atoms with Crippen LogP contribution in [0.4, 0.5) is 0 Å². The van der Waals surface area contributed by atoms with Gasteiger partial charge in [0.2, 0.25) is 0 Å². The van der Waals surface area contributed by atoms with Crippen molar-refractivity contribution in [3.63, 3.8) is 0 Å². The molecule has 4 heteroatoms. The molecule has 0 unspecified atom stereocenters.